The zero-order chi connectivity index (χ0) is 21.4. The van der Waals surface area contributed by atoms with E-state index in [1.54, 1.807) is 24.0 Å². The number of anilines is 1. The highest BCUT2D eigenvalue weighted by Gasteiger charge is 2.26. The van der Waals surface area contributed by atoms with Crippen LogP contribution in [0.5, 0.6) is 0 Å². The molecule has 0 spiro atoms. The highest BCUT2D eigenvalue weighted by atomic mass is 19.1. The average Bonchev–Trinajstić information content (AvgIpc) is 3.23. The Labute approximate surface area is 180 Å². The molecule has 1 saturated carbocycles. The maximum absolute atomic E-state index is 13.8. The van der Waals surface area contributed by atoms with Crippen LogP contribution < -0.4 is 4.90 Å². The SMILES string of the molecule is Cc1ccc(C(=O)N2CCN(c3ccc(-c4noc(C5CCC5)n4)cc3)CC2)cc1F. The zero-order valence-corrected chi connectivity index (χ0v) is 17.6. The Morgan fingerprint density at radius 2 is 1.81 bits per heavy atom. The normalized spacial score (nSPS) is 17.0. The maximum Gasteiger partial charge on any atom is 0.254 e. The molecule has 0 N–H and O–H groups in total. The molecule has 0 radical (unpaired) electrons. The van der Waals surface area contributed by atoms with E-state index < -0.39 is 0 Å². The molecule has 2 fully saturated rings. The van der Waals surface area contributed by atoms with Crippen molar-refractivity contribution < 1.29 is 13.7 Å². The van der Waals surface area contributed by atoms with Crippen molar-refractivity contribution in [3.8, 4) is 11.4 Å². The number of rotatable bonds is 4. The third-order valence-corrected chi connectivity index (χ3v) is 6.37. The molecule has 2 aliphatic rings. The highest BCUT2D eigenvalue weighted by Crippen LogP contribution is 2.36. The molecule has 31 heavy (non-hydrogen) atoms. The second-order valence-corrected chi connectivity index (χ2v) is 8.37. The third-order valence-electron chi connectivity index (χ3n) is 6.37. The molecule has 1 aromatic heterocycles. The van der Waals surface area contributed by atoms with Crippen LogP contribution in [0.15, 0.2) is 47.0 Å². The van der Waals surface area contributed by atoms with Crippen molar-refractivity contribution in [3.63, 3.8) is 0 Å². The van der Waals surface area contributed by atoms with Crippen LogP contribution in [0.2, 0.25) is 0 Å². The first-order valence-corrected chi connectivity index (χ1v) is 10.8. The lowest BCUT2D eigenvalue weighted by Crippen LogP contribution is -2.48. The van der Waals surface area contributed by atoms with Crippen LogP contribution in [-0.4, -0.2) is 47.1 Å². The molecule has 1 saturated heterocycles. The van der Waals surface area contributed by atoms with Gasteiger partial charge < -0.3 is 14.3 Å². The molecule has 5 rings (SSSR count). The number of nitrogens with zero attached hydrogens (tertiary/aromatic N) is 4. The van der Waals surface area contributed by atoms with E-state index in [1.807, 2.05) is 12.1 Å². The van der Waals surface area contributed by atoms with Gasteiger partial charge in [-0.2, -0.15) is 4.98 Å². The summed E-state index contributed by atoms with van der Waals surface area (Å²) in [4.78, 5) is 21.3. The monoisotopic (exact) mass is 420 g/mol. The van der Waals surface area contributed by atoms with E-state index in [0.29, 0.717) is 36.0 Å². The van der Waals surface area contributed by atoms with E-state index in [-0.39, 0.29) is 11.7 Å². The summed E-state index contributed by atoms with van der Waals surface area (Å²) >= 11 is 0. The first-order chi connectivity index (χ1) is 15.1. The van der Waals surface area contributed by atoms with Gasteiger partial charge in [0.1, 0.15) is 5.82 Å². The van der Waals surface area contributed by atoms with E-state index in [2.05, 4.69) is 27.2 Å². The minimum atomic E-state index is -0.342. The van der Waals surface area contributed by atoms with Gasteiger partial charge in [0.2, 0.25) is 11.7 Å². The number of benzene rings is 2. The van der Waals surface area contributed by atoms with Gasteiger partial charge in [-0.15, -0.1) is 0 Å². The average molecular weight is 420 g/mol. The smallest absolute Gasteiger partial charge is 0.254 e. The quantitative estimate of drug-likeness (QED) is 0.626. The Morgan fingerprint density at radius 1 is 1.06 bits per heavy atom. The second-order valence-electron chi connectivity index (χ2n) is 8.37. The predicted octanol–water partition coefficient (Wildman–Crippen LogP) is 4.41. The Morgan fingerprint density at radius 3 is 2.45 bits per heavy atom. The van der Waals surface area contributed by atoms with Crippen LogP contribution in [0, 0.1) is 12.7 Å². The summed E-state index contributed by atoms with van der Waals surface area (Å²) in [6.07, 6.45) is 3.50. The fourth-order valence-electron chi connectivity index (χ4n) is 4.07. The molecule has 3 aromatic rings. The Balaban J connectivity index is 1.21. The molecule has 160 valence electrons. The van der Waals surface area contributed by atoms with Crippen molar-refractivity contribution in [3.05, 3.63) is 65.3 Å². The van der Waals surface area contributed by atoms with Gasteiger partial charge in [-0.1, -0.05) is 17.6 Å². The number of carbonyl (C=O) groups excluding carboxylic acids is 1. The van der Waals surface area contributed by atoms with Gasteiger partial charge in [-0.25, -0.2) is 4.39 Å². The number of hydrogen-bond acceptors (Lipinski definition) is 5. The van der Waals surface area contributed by atoms with Crippen LogP contribution in [0.3, 0.4) is 0 Å². The van der Waals surface area contributed by atoms with E-state index >= 15 is 0 Å². The van der Waals surface area contributed by atoms with E-state index in [0.717, 1.165) is 43.1 Å². The van der Waals surface area contributed by atoms with Gasteiger partial charge in [0.05, 0.1) is 0 Å². The summed E-state index contributed by atoms with van der Waals surface area (Å²) in [5, 5.41) is 4.13. The van der Waals surface area contributed by atoms with E-state index in [9.17, 15) is 9.18 Å². The summed E-state index contributed by atoms with van der Waals surface area (Å²) in [5.41, 5.74) is 2.99. The van der Waals surface area contributed by atoms with Crippen LogP contribution in [0.1, 0.15) is 47.0 Å². The molecule has 0 atom stereocenters. The van der Waals surface area contributed by atoms with Gasteiger partial charge >= 0.3 is 0 Å². The number of piperazine rings is 1. The van der Waals surface area contributed by atoms with Gasteiger partial charge in [0.15, 0.2) is 0 Å². The molecule has 1 aliphatic heterocycles. The minimum Gasteiger partial charge on any atom is -0.368 e. The highest BCUT2D eigenvalue weighted by molar-refractivity contribution is 5.94. The maximum atomic E-state index is 13.8. The van der Waals surface area contributed by atoms with Crippen molar-refractivity contribution in [1.29, 1.82) is 0 Å². The Hall–Kier alpha value is -3.22. The van der Waals surface area contributed by atoms with Crippen molar-refractivity contribution in [1.82, 2.24) is 15.0 Å². The molecule has 7 heteroatoms. The number of aryl methyl sites for hydroxylation is 1. The number of carbonyl (C=O) groups is 1. The van der Waals surface area contributed by atoms with Crippen molar-refractivity contribution in [2.45, 2.75) is 32.1 Å². The van der Waals surface area contributed by atoms with Crippen LogP contribution in [-0.2, 0) is 0 Å². The summed E-state index contributed by atoms with van der Waals surface area (Å²) in [7, 11) is 0. The van der Waals surface area contributed by atoms with Crippen LogP contribution in [0.25, 0.3) is 11.4 Å². The molecule has 1 aliphatic carbocycles. The summed E-state index contributed by atoms with van der Waals surface area (Å²) in [6, 6.07) is 12.8. The first kappa shape index (κ1) is 19.7. The topological polar surface area (TPSA) is 62.5 Å². The largest absolute Gasteiger partial charge is 0.368 e. The molecule has 0 bridgehead atoms. The molecular formula is C24H25FN4O2. The molecule has 1 amide bonds. The summed E-state index contributed by atoms with van der Waals surface area (Å²) < 4.78 is 19.2. The number of halogens is 1. The van der Waals surface area contributed by atoms with Crippen molar-refractivity contribution in [2.75, 3.05) is 31.1 Å². The van der Waals surface area contributed by atoms with Gasteiger partial charge in [-0.05, 0) is 61.7 Å². The lowest BCUT2D eigenvalue weighted by Gasteiger charge is -2.36. The fraction of sp³-hybridized carbons (Fsp3) is 0.375. The number of amides is 1. The third kappa shape index (κ3) is 3.92. The standard InChI is InChI=1S/C24H25FN4O2/c1-16-5-6-19(15-21(16)25)24(30)29-13-11-28(12-14-29)20-9-7-17(8-10-20)22-26-23(31-27-22)18-3-2-4-18/h5-10,15,18H,2-4,11-14H2,1H3. The summed E-state index contributed by atoms with van der Waals surface area (Å²) in [5.74, 6) is 1.35. The predicted molar refractivity (Wildman–Crippen MR) is 116 cm³/mol. The van der Waals surface area contributed by atoms with E-state index in [4.69, 9.17) is 4.52 Å². The summed E-state index contributed by atoms with van der Waals surface area (Å²) in [6.45, 7) is 4.36. The van der Waals surface area contributed by atoms with Gasteiger partial charge in [-0.3, -0.25) is 4.79 Å². The fourth-order valence-corrected chi connectivity index (χ4v) is 4.07. The van der Waals surface area contributed by atoms with Crippen LogP contribution >= 0.6 is 0 Å². The van der Waals surface area contributed by atoms with Crippen molar-refractivity contribution >= 4 is 11.6 Å². The minimum absolute atomic E-state index is 0.117. The number of hydrogen-bond donors (Lipinski definition) is 0. The van der Waals surface area contributed by atoms with Gasteiger partial charge in [0, 0.05) is 48.9 Å². The van der Waals surface area contributed by atoms with Gasteiger partial charge in [0.25, 0.3) is 5.91 Å². The molecule has 2 heterocycles. The number of aromatic nitrogens is 2. The second kappa shape index (κ2) is 8.13. The molecule has 2 aromatic carbocycles. The zero-order valence-electron chi connectivity index (χ0n) is 17.6. The van der Waals surface area contributed by atoms with Crippen molar-refractivity contribution in [2.24, 2.45) is 0 Å². The molecular weight excluding hydrogens is 395 g/mol. The first-order valence-electron chi connectivity index (χ1n) is 10.8. The lowest BCUT2D eigenvalue weighted by atomic mass is 9.85. The lowest BCUT2D eigenvalue weighted by molar-refractivity contribution is 0.0746. The van der Waals surface area contributed by atoms with E-state index in [1.165, 1.54) is 12.5 Å². The molecule has 6 nitrogen and oxygen atoms in total. The van der Waals surface area contributed by atoms with Crippen LogP contribution in [0.4, 0.5) is 10.1 Å². The molecule has 0 unspecified atom stereocenters. The Kier molecular flexibility index (Phi) is 5.18. The Bertz CT molecular complexity index is 1080.